The van der Waals surface area contributed by atoms with Crippen LogP contribution in [0.1, 0.15) is 63.2 Å². The highest BCUT2D eigenvalue weighted by atomic mass is 16.2. The highest BCUT2D eigenvalue weighted by molar-refractivity contribution is 6.04. The van der Waals surface area contributed by atoms with Crippen molar-refractivity contribution in [3.63, 3.8) is 0 Å². The molecule has 2 bridgehead atoms. The Balaban J connectivity index is 1.62. The lowest BCUT2D eigenvalue weighted by molar-refractivity contribution is -0.117. The van der Waals surface area contributed by atoms with Crippen LogP contribution < -0.4 is 16.0 Å². The van der Waals surface area contributed by atoms with Crippen LogP contribution in [-0.4, -0.2) is 29.4 Å². The van der Waals surface area contributed by atoms with Gasteiger partial charge in [0, 0.05) is 24.0 Å². The number of benzene rings is 1. The third-order valence-electron chi connectivity index (χ3n) is 4.98. The number of anilines is 1. The summed E-state index contributed by atoms with van der Waals surface area (Å²) in [4.78, 5) is 25.0. The van der Waals surface area contributed by atoms with Crippen molar-refractivity contribution in [1.29, 1.82) is 0 Å². The standard InChI is InChI=1S/C20H29N3O2/c1-20(2,3)23-19(25)16-6-4-5-7-17(16)22-18(24)12-13-10-14-8-9-15(11-13)21-14/h4-7,13-15,21H,8-12H2,1-3H3,(H,22,24)(H,23,25). The predicted molar refractivity (Wildman–Crippen MR) is 99.6 cm³/mol. The van der Waals surface area contributed by atoms with Crippen molar-refractivity contribution in [2.24, 2.45) is 5.92 Å². The molecule has 0 aliphatic carbocycles. The topological polar surface area (TPSA) is 70.2 Å². The number of piperidine rings is 1. The van der Waals surface area contributed by atoms with E-state index in [0.29, 0.717) is 35.7 Å². The molecule has 3 N–H and O–H groups in total. The Morgan fingerprint density at radius 3 is 2.40 bits per heavy atom. The smallest absolute Gasteiger partial charge is 0.253 e. The summed E-state index contributed by atoms with van der Waals surface area (Å²) in [6, 6.07) is 8.37. The summed E-state index contributed by atoms with van der Waals surface area (Å²) in [6.07, 6.45) is 5.16. The summed E-state index contributed by atoms with van der Waals surface area (Å²) in [7, 11) is 0. The van der Waals surface area contributed by atoms with Crippen molar-refractivity contribution >= 4 is 17.5 Å². The molecular formula is C20H29N3O2. The zero-order valence-electron chi connectivity index (χ0n) is 15.4. The third kappa shape index (κ3) is 4.82. The molecule has 2 saturated heterocycles. The van der Waals surface area contributed by atoms with Crippen LogP contribution >= 0.6 is 0 Å². The zero-order valence-corrected chi connectivity index (χ0v) is 15.4. The van der Waals surface area contributed by atoms with Crippen LogP contribution in [0.4, 0.5) is 5.69 Å². The van der Waals surface area contributed by atoms with Crippen molar-refractivity contribution in [2.45, 2.75) is 70.5 Å². The zero-order chi connectivity index (χ0) is 18.0. The molecule has 2 unspecified atom stereocenters. The second kappa shape index (κ2) is 7.16. The van der Waals surface area contributed by atoms with Crippen molar-refractivity contribution < 1.29 is 9.59 Å². The highest BCUT2D eigenvalue weighted by Crippen LogP contribution is 2.33. The fourth-order valence-electron chi connectivity index (χ4n) is 4.00. The molecule has 136 valence electrons. The van der Waals surface area contributed by atoms with Crippen LogP contribution in [-0.2, 0) is 4.79 Å². The molecule has 3 rings (SSSR count). The van der Waals surface area contributed by atoms with Crippen LogP contribution in [0.2, 0.25) is 0 Å². The molecule has 2 aliphatic rings. The minimum atomic E-state index is -0.317. The third-order valence-corrected chi connectivity index (χ3v) is 4.98. The molecule has 5 nitrogen and oxygen atoms in total. The van der Waals surface area contributed by atoms with E-state index in [2.05, 4.69) is 16.0 Å². The fraction of sp³-hybridized carbons (Fsp3) is 0.600. The van der Waals surface area contributed by atoms with Gasteiger partial charge in [-0.15, -0.1) is 0 Å². The maximum Gasteiger partial charge on any atom is 0.253 e. The fourth-order valence-corrected chi connectivity index (χ4v) is 4.00. The minimum Gasteiger partial charge on any atom is -0.347 e. The number of carbonyl (C=O) groups excluding carboxylic acids is 2. The van der Waals surface area contributed by atoms with Gasteiger partial charge in [0.15, 0.2) is 0 Å². The number of hydrogen-bond donors (Lipinski definition) is 3. The summed E-state index contributed by atoms with van der Waals surface area (Å²) < 4.78 is 0. The molecule has 5 heteroatoms. The number of amides is 2. The Labute approximate surface area is 150 Å². The molecule has 2 aliphatic heterocycles. The van der Waals surface area contributed by atoms with Crippen molar-refractivity contribution in [2.75, 3.05) is 5.32 Å². The van der Waals surface area contributed by atoms with E-state index in [1.165, 1.54) is 12.8 Å². The Morgan fingerprint density at radius 2 is 1.76 bits per heavy atom. The first kappa shape index (κ1) is 17.9. The molecule has 2 heterocycles. The van der Waals surface area contributed by atoms with Crippen LogP contribution in [0.5, 0.6) is 0 Å². The van der Waals surface area contributed by atoms with E-state index in [1.807, 2.05) is 32.9 Å². The number of fused-ring (bicyclic) bond motifs is 2. The molecule has 0 radical (unpaired) electrons. The molecular weight excluding hydrogens is 314 g/mol. The predicted octanol–water partition coefficient (Wildman–Crippen LogP) is 3.07. The van der Waals surface area contributed by atoms with Crippen LogP contribution in [0.15, 0.2) is 24.3 Å². The van der Waals surface area contributed by atoms with E-state index < -0.39 is 0 Å². The Bertz CT molecular complexity index is 639. The van der Waals surface area contributed by atoms with E-state index in [4.69, 9.17) is 0 Å². The minimum absolute atomic E-state index is 0.00214. The van der Waals surface area contributed by atoms with Crippen molar-refractivity contribution in [3.05, 3.63) is 29.8 Å². The van der Waals surface area contributed by atoms with Crippen LogP contribution in [0.3, 0.4) is 0 Å². The van der Waals surface area contributed by atoms with Gasteiger partial charge in [-0.05, 0) is 64.5 Å². The number of nitrogens with one attached hydrogen (secondary N) is 3. The van der Waals surface area contributed by atoms with Crippen LogP contribution in [0.25, 0.3) is 0 Å². The Morgan fingerprint density at radius 1 is 1.12 bits per heavy atom. The summed E-state index contributed by atoms with van der Waals surface area (Å²) in [5.74, 6) is 0.278. The second-order valence-corrected chi connectivity index (χ2v) is 8.48. The Hall–Kier alpha value is -1.88. The van der Waals surface area contributed by atoms with Gasteiger partial charge in [-0.3, -0.25) is 9.59 Å². The van der Waals surface area contributed by atoms with Gasteiger partial charge in [0.25, 0.3) is 5.91 Å². The van der Waals surface area contributed by atoms with E-state index in [9.17, 15) is 9.59 Å². The normalized spacial score (nSPS) is 25.5. The second-order valence-electron chi connectivity index (χ2n) is 8.48. The highest BCUT2D eigenvalue weighted by Gasteiger charge is 2.34. The molecule has 2 atom stereocenters. The lowest BCUT2D eigenvalue weighted by Gasteiger charge is -2.28. The molecule has 1 aromatic rings. The molecule has 0 saturated carbocycles. The molecule has 0 aromatic heterocycles. The summed E-state index contributed by atoms with van der Waals surface area (Å²) in [6.45, 7) is 5.83. The largest absolute Gasteiger partial charge is 0.347 e. The van der Waals surface area contributed by atoms with Crippen molar-refractivity contribution in [1.82, 2.24) is 10.6 Å². The first-order valence-corrected chi connectivity index (χ1v) is 9.27. The van der Waals surface area contributed by atoms with Gasteiger partial charge in [0.2, 0.25) is 5.91 Å². The quantitative estimate of drug-likeness (QED) is 0.787. The van der Waals surface area contributed by atoms with Crippen molar-refractivity contribution in [3.8, 4) is 0 Å². The molecule has 1 aromatic carbocycles. The summed E-state index contributed by atoms with van der Waals surface area (Å²) in [5.41, 5.74) is 0.782. The summed E-state index contributed by atoms with van der Waals surface area (Å²) >= 11 is 0. The van der Waals surface area contributed by atoms with Gasteiger partial charge >= 0.3 is 0 Å². The summed E-state index contributed by atoms with van der Waals surface area (Å²) in [5, 5.41) is 9.51. The monoisotopic (exact) mass is 343 g/mol. The average Bonchev–Trinajstić information content (AvgIpc) is 2.84. The lowest BCUT2D eigenvalue weighted by Crippen LogP contribution is -2.41. The number of para-hydroxylation sites is 1. The lowest BCUT2D eigenvalue weighted by atomic mass is 9.89. The SMILES string of the molecule is CC(C)(C)NC(=O)c1ccccc1NC(=O)CC1CC2CCC(C1)N2. The first-order chi connectivity index (χ1) is 11.8. The van der Waals surface area contributed by atoms with Crippen LogP contribution in [0, 0.1) is 5.92 Å². The number of carbonyl (C=O) groups is 2. The maximum atomic E-state index is 12.5. The van der Waals surface area contributed by atoms with Gasteiger partial charge in [-0.1, -0.05) is 12.1 Å². The van der Waals surface area contributed by atoms with Gasteiger partial charge in [0.1, 0.15) is 0 Å². The molecule has 2 amide bonds. The van der Waals surface area contributed by atoms with E-state index in [0.717, 1.165) is 12.8 Å². The molecule has 25 heavy (non-hydrogen) atoms. The Kier molecular flexibility index (Phi) is 5.13. The van der Waals surface area contributed by atoms with E-state index in [-0.39, 0.29) is 17.4 Å². The van der Waals surface area contributed by atoms with Gasteiger partial charge in [0.05, 0.1) is 11.3 Å². The number of hydrogen-bond acceptors (Lipinski definition) is 3. The van der Waals surface area contributed by atoms with Gasteiger partial charge in [-0.25, -0.2) is 0 Å². The first-order valence-electron chi connectivity index (χ1n) is 9.27. The van der Waals surface area contributed by atoms with E-state index >= 15 is 0 Å². The van der Waals surface area contributed by atoms with Gasteiger partial charge < -0.3 is 16.0 Å². The molecule has 0 spiro atoms. The van der Waals surface area contributed by atoms with Gasteiger partial charge in [-0.2, -0.15) is 0 Å². The average molecular weight is 343 g/mol. The van der Waals surface area contributed by atoms with E-state index in [1.54, 1.807) is 12.1 Å². The number of rotatable bonds is 4. The maximum absolute atomic E-state index is 12.5. The molecule has 2 fully saturated rings.